The lowest BCUT2D eigenvalue weighted by Gasteiger charge is -2.17. The predicted octanol–water partition coefficient (Wildman–Crippen LogP) is 4.07. The molecule has 0 unspecified atom stereocenters. The van der Waals surface area contributed by atoms with Crippen molar-refractivity contribution in [3.8, 4) is 0 Å². The predicted molar refractivity (Wildman–Crippen MR) is 92.1 cm³/mol. The summed E-state index contributed by atoms with van der Waals surface area (Å²) in [5.74, 6) is -0.953. The average Bonchev–Trinajstić information content (AvgIpc) is 3.28. The van der Waals surface area contributed by atoms with Crippen molar-refractivity contribution < 1.29 is 8.78 Å². The molecule has 0 bridgehead atoms. The van der Waals surface area contributed by atoms with Gasteiger partial charge >= 0.3 is 0 Å². The molecule has 2 heterocycles. The minimum atomic E-state index is -0.803. The van der Waals surface area contributed by atoms with Crippen LogP contribution in [0.25, 0.3) is 0 Å². The number of rotatable bonds is 4. The molecule has 128 valence electrons. The van der Waals surface area contributed by atoms with Crippen LogP contribution in [0.15, 0.2) is 60.8 Å². The standard InChI is InChI=1S/C20H19F2N3/c21-18-7-6-14(10-19(18)22)11-25-12-16(15-4-2-1-3-5-15)17(13-25)20-8-9-23-24-20/h1-10,16-17H,11-13H2,(H,23,24)/t16-,17+/m0/s1. The van der Waals surface area contributed by atoms with E-state index >= 15 is 0 Å². The van der Waals surface area contributed by atoms with Gasteiger partial charge in [-0.1, -0.05) is 36.4 Å². The van der Waals surface area contributed by atoms with Crippen molar-refractivity contribution in [1.29, 1.82) is 0 Å². The first-order valence-corrected chi connectivity index (χ1v) is 8.41. The molecule has 5 heteroatoms. The number of aromatic nitrogens is 2. The van der Waals surface area contributed by atoms with Gasteiger partial charge in [0.15, 0.2) is 11.6 Å². The van der Waals surface area contributed by atoms with Gasteiger partial charge in [0.2, 0.25) is 0 Å². The molecule has 1 aliphatic heterocycles. The fourth-order valence-corrected chi connectivity index (χ4v) is 3.74. The minimum absolute atomic E-state index is 0.301. The van der Waals surface area contributed by atoms with E-state index in [-0.39, 0.29) is 0 Å². The van der Waals surface area contributed by atoms with Gasteiger partial charge < -0.3 is 0 Å². The normalized spacial score (nSPS) is 20.9. The molecule has 0 saturated carbocycles. The van der Waals surface area contributed by atoms with Crippen molar-refractivity contribution >= 4 is 0 Å². The first kappa shape index (κ1) is 16.0. The van der Waals surface area contributed by atoms with Gasteiger partial charge in [0, 0.05) is 43.4 Å². The Hall–Kier alpha value is -2.53. The van der Waals surface area contributed by atoms with Gasteiger partial charge in [0.05, 0.1) is 0 Å². The summed E-state index contributed by atoms with van der Waals surface area (Å²) in [6, 6.07) is 16.6. The van der Waals surface area contributed by atoms with Crippen LogP contribution in [0.5, 0.6) is 0 Å². The summed E-state index contributed by atoms with van der Waals surface area (Å²) in [5.41, 5.74) is 3.19. The second kappa shape index (κ2) is 6.76. The van der Waals surface area contributed by atoms with Crippen molar-refractivity contribution in [2.24, 2.45) is 0 Å². The fraction of sp³-hybridized carbons (Fsp3) is 0.250. The summed E-state index contributed by atoms with van der Waals surface area (Å²) in [6.45, 7) is 2.32. The number of halogens is 2. The van der Waals surface area contributed by atoms with Gasteiger partial charge in [0.25, 0.3) is 0 Å². The van der Waals surface area contributed by atoms with E-state index in [9.17, 15) is 8.78 Å². The third-order valence-corrected chi connectivity index (χ3v) is 4.94. The average molecular weight is 339 g/mol. The summed E-state index contributed by atoms with van der Waals surface area (Å²) in [5, 5.41) is 7.18. The Labute approximate surface area is 145 Å². The molecule has 1 saturated heterocycles. The molecular weight excluding hydrogens is 320 g/mol. The highest BCUT2D eigenvalue weighted by Gasteiger charge is 2.35. The van der Waals surface area contributed by atoms with Crippen LogP contribution in [-0.4, -0.2) is 28.2 Å². The molecular formula is C20H19F2N3. The topological polar surface area (TPSA) is 31.9 Å². The lowest BCUT2D eigenvalue weighted by atomic mass is 9.87. The SMILES string of the molecule is Fc1ccc(CN2C[C@@H](c3ccccc3)[C@H](c3ccn[nH]3)C2)cc1F. The Balaban J connectivity index is 1.58. The van der Waals surface area contributed by atoms with Crippen LogP contribution in [0, 0.1) is 11.6 Å². The van der Waals surface area contributed by atoms with Crippen LogP contribution in [-0.2, 0) is 6.54 Å². The van der Waals surface area contributed by atoms with E-state index in [1.54, 1.807) is 12.3 Å². The Morgan fingerprint density at radius 2 is 1.76 bits per heavy atom. The molecule has 0 amide bonds. The number of benzene rings is 2. The quantitative estimate of drug-likeness (QED) is 0.777. The molecule has 2 aromatic carbocycles. The maximum absolute atomic E-state index is 13.5. The van der Waals surface area contributed by atoms with Crippen LogP contribution in [0.1, 0.15) is 28.7 Å². The molecule has 3 nitrogen and oxygen atoms in total. The molecule has 3 aromatic rings. The zero-order chi connectivity index (χ0) is 17.2. The van der Waals surface area contributed by atoms with E-state index in [1.807, 2.05) is 12.1 Å². The molecule has 4 rings (SSSR count). The number of hydrogen-bond donors (Lipinski definition) is 1. The number of H-pyrrole nitrogens is 1. The van der Waals surface area contributed by atoms with Gasteiger partial charge in [-0.15, -0.1) is 0 Å². The Bertz CT molecular complexity index is 833. The number of aromatic amines is 1. The summed E-state index contributed by atoms with van der Waals surface area (Å²) >= 11 is 0. The van der Waals surface area contributed by atoms with Gasteiger partial charge in [-0.3, -0.25) is 10.00 Å². The van der Waals surface area contributed by atoms with Gasteiger partial charge in [0.1, 0.15) is 0 Å². The van der Waals surface area contributed by atoms with E-state index in [0.29, 0.717) is 18.4 Å². The fourth-order valence-electron chi connectivity index (χ4n) is 3.74. The van der Waals surface area contributed by atoms with E-state index in [2.05, 4.69) is 39.4 Å². The summed E-state index contributed by atoms with van der Waals surface area (Å²) in [7, 11) is 0. The van der Waals surface area contributed by atoms with Crippen molar-refractivity contribution in [1.82, 2.24) is 15.1 Å². The van der Waals surface area contributed by atoms with E-state index in [4.69, 9.17) is 0 Å². The highest BCUT2D eigenvalue weighted by Crippen LogP contribution is 2.39. The molecule has 1 aromatic heterocycles. The maximum Gasteiger partial charge on any atom is 0.159 e. The lowest BCUT2D eigenvalue weighted by Crippen LogP contribution is -2.20. The molecule has 1 N–H and O–H groups in total. The van der Waals surface area contributed by atoms with Crippen LogP contribution < -0.4 is 0 Å². The molecule has 0 radical (unpaired) electrons. The van der Waals surface area contributed by atoms with Crippen molar-refractivity contribution in [2.45, 2.75) is 18.4 Å². The minimum Gasteiger partial charge on any atom is -0.298 e. The molecule has 25 heavy (non-hydrogen) atoms. The van der Waals surface area contributed by atoms with Crippen molar-refractivity contribution in [2.75, 3.05) is 13.1 Å². The highest BCUT2D eigenvalue weighted by atomic mass is 19.2. The second-order valence-corrected chi connectivity index (χ2v) is 6.58. The monoisotopic (exact) mass is 339 g/mol. The number of nitrogens with zero attached hydrogens (tertiary/aromatic N) is 2. The van der Waals surface area contributed by atoms with Crippen molar-refractivity contribution in [3.63, 3.8) is 0 Å². The van der Waals surface area contributed by atoms with E-state index < -0.39 is 11.6 Å². The van der Waals surface area contributed by atoms with Crippen LogP contribution in [0.4, 0.5) is 8.78 Å². The highest BCUT2D eigenvalue weighted by molar-refractivity contribution is 5.28. The molecule has 2 atom stereocenters. The Morgan fingerprint density at radius 1 is 0.960 bits per heavy atom. The van der Waals surface area contributed by atoms with Gasteiger partial charge in [-0.05, 0) is 29.3 Å². The van der Waals surface area contributed by atoms with Crippen molar-refractivity contribution in [3.05, 3.63) is 89.2 Å². The maximum atomic E-state index is 13.5. The Morgan fingerprint density at radius 3 is 2.48 bits per heavy atom. The first-order valence-electron chi connectivity index (χ1n) is 8.41. The number of likely N-dealkylation sites (tertiary alicyclic amines) is 1. The molecule has 0 spiro atoms. The molecule has 1 fully saturated rings. The van der Waals surface area contributed by atoms with Crippen LogP contribution in [0.2, 0.25) is 0 Å². The zero-order valence-electron chi connectivity index (χ0n) is 13.7. The Kier molecular flexibility index (Phi) is 4.32. The summed E-state index contributed by atoms with van der Waals surface area (Å²) < 4.78 is 26.6. The van der Waals surface area contributed by atoms with Crippen LogP contribution >= 0.6 is 0 Å². The molecule has 1 aliphatic rings. The summed E-state index contributed by atoms with van der Waals surface area (Å²) in [4.78, 5) is 2.29. The largest absolute Gasteiger partial charge is 0.298 e. The number of nitrogens with one attached hydrogen (secondary N) is 1. The van der Waals surface area contributed by atoms with E-state index in [1.165, 1.54) is 17.7 Å². The third kappa shape index (κ3) is 3.33. The zero-order valence-corrected chi connectivity index (χ0v) is 13.7. The van der Waals surface area contributed by atoms with Gasteiger partial charge in [-0.25, -0.2) is 8.78 Å². The van der Waals surface area contributed by atoms with Crippen LogP contribution in [0.3, 0.4) is 0 Å². The molecule has 0 aliphatic carbocycles. The smallest absolute Gasteiger partial charge is 0.159 e. The lowest BCUT2D eigenvalue weighted by molar-refractivity contribution is 0.322. The first-order chi connectivity index (χ1) is 12.2. The van der Waals surface area contributed by atoms with E-state index in [0.717, 1.165) is 24.3 Å². The number of hydrogen-bond acceptors (Lipinski definition) is 2. The third-order valence-electron chi connectivity index (χ3n) is 4.94. The summed E-state index contributed by atoms with van der Waals surface area (Å²) in [6.07, 6.45) is 1.77. The van der Waals surface area contributed by atoms with Gasteiger partial charge in [-0.2, -0.15) is 5.10 Å². The second-order valence-electron chi connectivity index (χ2n) is 6.58.